The number of benzene rings is 1. The van der Waals surface area contributed by atoms with Gasteiger partial charge in [-0.05, 0) is 54.4 Å². The molecule has 1 aromatic carbocycles. The Balaban J connectivity index is 2.20. The number of hydrogen-bond acceptors (Lipinski definition) is 1. The van der Waals surface area contributed by atoms with Crippen molar-refractivity contribution in [3.05, 3.63) is 29.3 Å². The third kappa shape index (κ3) is 0.689. The van der Waals surface area contributed by atoms with Crippen LogP contribution in [0.3, 0.4) is 0 Å². The quantitative estimate of drug-likeness (QED) is 0.618. The number of phenolic OH excluding ortho intramolecular Hbond substituents is 1. The van der Waals surface area contributed by atoms with Gasteiger partial charge in [0.2, 0.25) is 0 Å². The van der Waals surface area contributed by atoms with Gasteiger partial charge >= 0.3 is 0 Å². The first-order valence-corrected chi connectivity index (χ1v) is 4.67. The summed E-state index contributed by atoms with van der Waals surface area (Å²) in [6, 6.07) is 5.88. The van der Waals surface area contributed by atoms with Crippen LogP contribution in [0.5, 0.6) is 5.75 Å². The van der Waals surface area contributed by atoms with Gasteiger partial charge in [0.15, 0.2) is 0 Å². The van der Waals surface area contributed by atoms with E-state index in [4.69, 9.17) is 0 Å². The van der Waals surface area contributed by atoms with Crippen molar-refractivity contribution in [3.8, 4) is 5.75 Å². The normalized spacial score (nSPS) is 30.7. The molecule has 2 bridgehead atoms. The fraction of sp³-hybridized carbons (Fsp3) is 0.455. The molecule has 1 saturated carbocycles. The van der Waals surface area contributed by atoms with E-state index in [1.807, 2.05) is 12.1 Å². The van der Waals surface area contributed by atoms with Crippen LogP contribution in [0.15, 0.2) is 18.2 Å². The van der Waals surface area contributed by atoms with Crippen LogP contribution in [0.2, 0.25) is 0 Å². The molecule has 0 aromatic heterocycles. The SMILES string of the molecule is Oc1ccc2c(c1)C1CCC2C1. The second kappa shape index (κ2) is 2.03. The molecule has 2 atom stereocenters. The molecule has 0 radical (unpaired) electrons. The van der Waals surface area contributed by atoms with E-state index in [9.17, 15) is 5.11 Å². The van der Waals surface area contributed by atoms with Gasteiger partial charge in [0.1, 0.15) is 5.75 Å². The predicted molar refractivity (Wildman–Crippen MR) is 47.4 cm³/mol. The highest BCUT2D eigenvalue weighted by atomic mass is 16.3. The lowest BCUT2D eigenvalue weighted by Gasteiger charge is -2.14. The predicted octanol–water partition coefficient (Wildman–Crippen LogP) is 2.76. The van der Waals surface area contributed by atoms with Crippen LogP contribution in [0.4, 0.5) is 0 Å². The van der Waals surface area contributed by atoms with Crippen molar-refractivity contribution in [2.45, 2.75) is 31.1 Å². The number of fused-ring (bicyclic) bond motifs is 5. The molecule has 0 spiro atoms. The number of hydrogen-bond donors (Lipinski definition) is 1. The zero-order chi connectivity index (χ0) is 8.13. The number of phenols is 1. The van der Waals surface area contributed by atoms with Gasteiger partial charge < -0.3 is 5.11 Å². The largest absolute Gasteiger partial charge is 0.508 e. The van der Waals surface area contributed by atoms with E-state index < -0.39 is 0 Å². The van der Waals surface area contributed by atoms with E-state index in [1.54, 1.807) is 0 Å². The summed E-state index contributed by atoms with van der Waals surface area (Å²) in [6.45, 7) is 0. The fourth-order valence-electron chi connectivity index (χ4n) is 2.83. The van der Waals surface area contributed by atoms with Crippen molar-refractivity contribution in [2.24, 2.45) is 0 Å². The third-order valence-electron chi connectivity index (χ3n) is 3.38. The molecule has 0 heterocycles. The summed E-state index contributed by atoms with van der Waals surface area (Å²) in [5.41, 5.74) is 2.93. The minimum absolute atomic E-state index is 0.432. The zero-order valence-electron chi connectivity index (χ0n) is 6.96. The van der Waals surface area contributed by atoms with E-state index in [0.717, 1.165) is 11.8 Å². The average molecular weight is 160 g/mol. The smallest absolute Gasteiger partial charge is 0.115 e. The number of rotatable bonds is 0. The summed E-state index contributed by atoms with van der Waals surface area (Å²) in [5, 5.41) is 9.32. The molecular formula is C11H12O. The van der Waals surface area contributed by atoms with E-state index in [2.05, 4.69) is 6.07 Å². The Morgan fingerprint density at radius 2 is 1.83 bits per heavy atom. The second-order valence-corrected chi connectivity index (χ2v) is 4.02. The molecule has 12 heavy (non-hydrogen) atoms. The highest BCUT2D eigenvalue weighted by Gasteiger charge is 2.36. The van der Waals surface area contributed by atoms with Gasteiger partial charge in [0, 0.05) is 0 Å². The maximum Gasteiger partial charge on any atom is 0.115 e. The summed E-state index contributed by atoms with van der Waals surface area (Å²) in [4.78, 5) is 0. The van der Waals surface area contributed by atoms with Crippen molar-refractivity contribution in [2.75, 3.05) is 0 Å². The van der Waals surface area contributed by atoms with Crippen LogP contribution in [0, 0.1) is 0 Å². The van der Waals surface area contributed by atoms with Gasteiger partial charge in [-0.2, -0.15) is 0 Å². The minimum Gasteiger partial charge on any atom is -0.508 e. The van der Waals surface area contributed by atoms with Crippen LogP contribution < -0.4 is 0 Å². The van der Waals surface area contributed by atoms with Crippen molar-refractivity contribution in [3.63, 3.8) is 0 Å². The Kier molecular flexibility index (Phi) is 1.11. The van der Waals surface area contributed by atoms with Gasteiger partial charge in [-0.1, -0.05) is 6.07 Å². The van der Waals surface area contributed by atoms with Gasteiger partial charge in [0.05, 0.1) is 0 Å². The lowest BCUT2D eigenvalue weighted by molar-refractivity contribution is 0.473. The molecule has 1 aromatic rings. The van der Waals surface area contributed by atoms with Crippen LogP contribution in [0.1, 0.15) is 42.2 Å². The molecule has 0 saturated heterocycles. The third-order valence-corrected chi connectivity index (χ3v) is 3.38. The Labute approximate surface area is 72.0 Å². The monoisotopic (exact) mass is 160 g/mol. The summed E-state index contributed by atoms with van der Waals surface area (Å²) < 4.78 is 0. The fourth-order valence-corrected chi connectivity index (χ4v) is 2.83. The lowest BCUT2D eigenvalue weighted by Crippen LogP contribution is -1.96. The molecule has 0 amide bonds. The van der Waals surface area contributed by atoms with Crippen molar-refractivity contribution < 1.29 is 5.11 Å². The Morgan fingerprint density at radius 3 is 2.67 bits per heavy atom. The summed E-state index contributed by atoms with van der Waals surface area (Å²) in [5.74, 6) is 2.00. The van der Waals surface area contributed by atoms with Crippen LogP contribution >= 0.6 is 0 Å². The van der Waals surface area contributed by atoms with Gasteiger partial charge in [-0.3, -0.25) is 0 Å². The molecule has 62 valence electrons. The van der Waals surface area contributed by atoms with Gasteiger partial charge in [-0.25, -0.2) is 0 Å². The van der Waals surface area contributed by atoms with E-state index in [0.29, 0.717) is 5.75 Å². The Bertz CT molecular complexity index is 330. The summed E-state index contributed by atoms with van der Waals surface area (Å²) in [6.07, 6.45) is 4.03. The molecule has 2 aliphatic rings. The van der Waals surface area contributed by atoms with Gasteiger partial charge in [0.25, 0.3) is 0 Å². The minimum atomic E-state index is 0.432. The Morgan fingerprint density at radius 1 is 1.08 bits per heavy atom. The maximum atomic E-state index is 9.32. The first kappa shape index (κ1) is 6.53. The van der Waals surface area contributed by atoms with E-state index in [-0.39, 0.29) is 0 Å². The molecule has 2 unspecified atom stereocenters. The first-order valence-electron chi connectivity index (χ1n) is 4.67. The lowest BCUT2D eigenvalue weighted by atomic mass is 9.92. The standard InChI is InChI=1S/C11H12O/c12-9-3-4-10-7-1-2-8(5-7)11(10)6-9/h3-4,6-8,12H,1-2,5H2. The second-order valence-electron chi connectivity index (χ2n) is 4.02. The average Bonchev–Trinajstić information content (AvgIpc) is 2.63. The molecule has 1 fully saturated rings. The van der Waals surface area contributed by atoms with Crippen molar-refractivity contribution >= 4 is 0 Å². The molecule has 0 aliphatic heterocycles. The number of aromatic hydroxyl groups is 1. The highest BCUT2D eigenvalue weighted by Crippen LogP contribution is 2.53. The molecule has 1 heteroatoms. The summed E-state index contributed by atoms with van der Waals surface area (Å²) in [7, 11) is 0. The maximum absolute atomic E-state index is 9.32. The zero-order valence-corrected chi connectivity index (χ0v) is 6.96. The van der Waals surface area contributed by atoms with E-state index in [1.165, 1.54) is 30.4 Å². The van der Waals surface area contributed by atoms with Crippen LogP contribution in [-0.2, 0) is 0 Å². The van der Waals surface area contributed by atoms with Crippen LogP contribution in [-0.4, -0.2) is 5.11 Å². The highest BCUT2D eigenvalue weighted by molar-refractivity contribution is 5.45. The Hall–Kier alpha value is -0.980. The van der Waals surface area contributed by atoms with Crippen molar-refractivity contribution in [1.29, 1.82) is 0 Å². The molecular weight excluding hydrogens is 148 g/mol. The van der Waals surface area contributed by atoms with Crippen LogP contribution in [0.25, 0.3) is 0 Å². The molecule has 2 aliphatic carbocycles. The van der Waals surface area contributed by atoms with E-state index >= 15 is 0 Å². The van der Waals surface area contributed by atoms with Crippen molar-refractivity contribution in [1.82, 2.24) is 0 Å². The first-order chi connectivity index (χ1) is 5.84. The van der Waals surface area contributed by atoms with Gasteiger partial charge in [-0.15, -0.1) is 0 Å². The topological polar surface area (TPSA) is 20.2 Å². The molecule has 1 nitrogen and oxygen atoms in total. The summed E-state index contributed by atoms with van der Waals surface area (Å²) >= 11 is 0. The molecule has 3 rings (SSSR count). The molecule has 1 N–H and O–H groups in total.